The summed E-state index contributed by atoms with van der Waals surface area (Å²) >= 11 is 6.05. The second-order valence-electron chi connectivity index (χ2n) is 6.46. The summed E-state index contributed by atoms with van der Waals surface area (Å²) in [7, 11) is -3.89. The number of rotatable bonds is 9. The van der Waals surface area contributed by atoms with Crippen LogP contribution >= 0.6 is 11.6 Å². The maximum Gasteiger partial charge on any atom is 0.338 e. The molecular formula is C21H23ClN2O6S. The SMILES string of the molecule is CCN(CC)S(=O)(=O)c1cc(C(=O)OCC(=O)Nc2ccccc2C(C)=O)ccc1Cl. The molecule has 0 saturated heterocycles. The van der Waals surface area contributed by atoms with Crippen molar-refractivity contribution in [1.29, 1.82) is 0 Å². The molecule has 1 amide bonds. The lowest BCUT2D eigenvalue weighted by Crippen LogP contribution is -2.31. The lowest BCUT2D eigenvalue weighted by Gasteiger charge is -2.19. The van der Waals surface area contributed by atoms with Gasteiger partial charge in [0.1, 0.15) is 4.90 Å². The number of carbonyl (C=O) groups excluding carboxylic acids is 3. The van der Waals surface area contributed by atoms with E-state index in [0.29, 0.717) is 11.3 Å². The Morgan fingerprint density at radius 1 is 1.06 bits per heavy atom. The molecule has 2 rings (SSSR count). The summed E-state index contributed by atoms with van der Waals surface area (Å²) in [4.78, 5) is 35.9. The van der Waals surface area contributed by atoms with Gasteiger partial charge in [-0.2, -0.15) is 4.31 Å². The lowest BCUT2D eigenvalue weighted by molar-refractivity contribution is -0.119. The molecule has 0 atom stereocenters. The van der Waals surface area contributed by atoms with Crippen LogP contribution in [0.1, 0.15) is 41.5 Å². The number of halogens is 1. The van der Waals surface area contributed by atoms with Crippen LogP contribution in [0.2, 0.25) is 5.02 Å². The van der Waals surface area contributed by atoms with Crippen LogP contribution in [0.15, 0.2) is 47.4 Å². The number of anilines is 1. The highest BCUT2D eigenvalue weighted by atomic mass is 35.5. The van der Waals surface area contributed by atoms with E-state index in [4.69, 9.17) is 16.3 Å². The zero-order chi connectivity index (χ0) is 23.2. The number of ketones is 1. The van der Waals surface area contributed by atoms with Crippen LogP contribution in [-0.2, 0) is 19.6 Å². The molecule has 0 bridgehead atoms. The molecule has 0 aliphatic rings. The lowest BCUT2D eigenvalue weighted by atomic mass is 10.1. The van der Waals surface area contributed by atoms with Crippen molar-refractivity contribution in [2.75, 3.05) is 25.0 Å². The topological polar surface area (TPSA) is 110 Å². The normalized spacial score (nSPS) is 11.3. The van der Waals surface area contributed by atoms with Crippen LogP contribution in [0.25, 0.3) is 0 Å². The van der Waals surface area contributed by atoms with Gasteiger partial charge in [0.2, 0.25) is 10.0 Å². The zero-order valence-corrected chi connectivity index (χ0v) is 18.9. The first-order chi connectivity index (χ1) is 14.6. The van der Waals surface area contributed by atoms with Gasteiger partial charge in [-0.1, -0.05) is 37.6 Å². The molecule has 0 saturated carbocycles. The summed E-state index contributed by atoms with van der Waals surface area (Å²) in [5.41, 5.74) is 0.563. The number of hydrogen-bond donors (Lipinski definition) is 1. The van der Waals surface area contributed by atoms with Gasteiger partial charge in [0.25, 0.3) is 5.91 Å². The summed E-state index contributed by atoms with van der Waals surface area (Å²) in [6.07, 6.45) is 0. The van der Waals surface area contributed by atoms with Gasteiger partial charge < -0.3 is 10.1 Å². The number of para-hydroxylation sites is 1. The van der Waals surface area contributed by atoms with Gasteiger partial charge in [-0.15, -0.1) is 0 Å². The number of nitrogens with zero attached hydrogens (tertiary/aromatic N) is 1. The maximum absolute atomic E-state index is 12.7. The molecule has 2 aromatic carbocycles. The summed E-state index contributed by atoms with van der Waals surface area (Å²) in [6, 6.07) is 10.2. The first-order valence-electron chi connectivity index (χ1n) is 9.48. The zero-order valence-electron chi connectivity index (χ0n) is 17.3. The van der Waals surface area contributed by atoms with Crippen molar-refractivity contribution in [2.45, 2.75) is 25.7 Å². The predicted octanol–water partition coefficient (Wildman–Crippen LogP) is 3.37. The molecule has 0 fully saturated rings. The third kappa shape index (κ3) is 5.90. The van der Waals surface area contributed by atoms with Crippen molar-refractivity contribution in [2.24, 2.45) is 0 Å². The van der Waals surface area contributed by atoms with Crippen LogP contribution in [0.5, 0.6) is 0 Å². The smallest absolute Gasteiger partial charge is 0.338 e. The number of Topliss-reactive ketones (excluding diaryl/α,β-unsaturated/α-hetero) is 1. The Balaban J connectivity index is 2.13. The third-order valence-electron chi connectivity index (χ3n) is 4.40. The number of nitrogens with one attached hydrogen (secondary N) is 1. The summed E-state index contributed by atoms with van der Waals surface area (Å²) in [6.45, 7) is 4.62. The van der Waals surface area contributed by atoms with Gasteiger partial charge in [-0.3, -0.25) is 9.59 Å². The average molecular weight is 467 g/mol. The maximum atomic E-state index is 12.7. The minimum Gasteiger partial charge on any atom is -0.452 e. The van der Waals surface area contributed by atoms with Crippen molar-refractivity contribution in [3.05, 3.63) is 58.6 Å². The second kappa shape index (κ2) is 10.5. The highest BCUT2D eigenvalue weighted by molar-refractivity contribution is 7.89. The molecule has 0 aromatic heterocycles. The van der Waals surface area contributed by atoms with Crippen molar-refractivity contribution in [3.63, 3.8) is 0 Å². The van der Waals surface area contributed by atoms with Gasteiger partial charge in [0, 0.05) is 18.7 Å². The Morgan fingerprint density at radius 2 is 1.71 bits per heavy atom. The van der Waals surface area contributed by atoms with Gasteiger partial charge in [-0.05, 0) is 37.3 Å². The van der Waals surface area contributed by atoms with Crippen LogP contribution in [-0.4, -0.2) is 50.1 Å². The van der Waals surface area contributed by atoms with Crippen molar-refractivity contribution in [3.8, 4) is 0 Å². The van der Waals surface area contributed by atoms with Crippen LogP contribution in [0.4, 0.5) is 5.69 Å². The number of benzene rings is 2. The first-order valence-corrected chi connectivity index (χ1v) is 11.3. The Morgan fingerprint density at radius 3 is 2.32 bits per heavy atom. The van der Waals surface area contributed by atoms with Gasteiger partial charge in [-0.25, -0.2) is 13.2 Å². The molecule has 0 spiro atoms. The van der Waals surface area contributed by atoms with Crippen molar-refractivity contribution < 1.29 is 27.5 Å². The van der Waals surface area contributed by atoms with E-state index >= 15 is 0 Å². The number of amides is 1. The van der Waals surface area contributed by atoms with Crippen molar-refractivity contribution in [1.82, 2.24) is 4.31 Å². The van der Waals surface area contributed by atoms with Crippen LogP contribution in [0.3, 0.4) is 0 Å². The Hall–Kier alpha value is -2.75. The number of hydrogen-bond acceptors (Lipinski definition) is 6. The Labute approximate surface area is 186 Å². The van der Waals surface area contributed by atoms with E-state index in [2.05, 4.69) is 5.32 Å². The third-order valence-corrected chi connectivity index (χ3v) is 6.94. The highest BCUT2D eigenvalue weighted by Crippen LogP contribution is 2.26. The number of ether oxygens (including phenoxy) is 1. The fourth-order valence-corrected chi connectivity index (χ4v) is 4.79. The van der Waals surface area contributed by atoms with E-state index in [0.717, 1.165) is 6.07 Å². The average Bonchev–Trinajstić information content (AvgIpc) is 2.73. The molecule has 2 aromatic rings. The van der Waals surface area contributed by atoms with Gasteiger partial charge in [0.05, 0.1) is 16.3 Å². The van der Waals surface area contributed by atoms with Crippen LogP contribution in [0, 0.1) is 0 Å². The van der Waals surface area contributed by atoms with Crippen molar-refractivity contribution >= 4 is 45.0 Å². The largest absolute Gasteiger partial charge is 0.452 e. The summed E-state index contributed by atoms with van der Waals surface area (Å²) < 4.78 is 31.7. The molecule has 10 heteroatoms. The van der Waals surface area contributed by atoms with E-state index in [-0.39, 0.29) is 34.4 Å². The Bertz CT molecular complexity index is 1100. The van der Waals surface area contributed by atoms with Crippen LogP contribution < -0.4 is 5.32 Å². The summed E-state index contributed by atoms with van der Waals surface area (Å²) in [5.74, 6) is -1.76. The minimum atomic E-state index is -3.89. The standard InChI is InChI=1S/C21H23ClN2O6S/c1-4-24(5-2)31(28,29)19-12-15(10-11-17(19)22)21(27)30-13-20(26)23-18-9-7-6-8-16(18)14(3)25/h6-12H,4-5,13H2,1-3H3,(H,23,26). The molecule has 1 N–H and O–H groups in total. The molecule has 31 heavy (non-hydrogen) atoms. The van der Waals surface area contributed by atoms with E-state index in [1.54, 1.807) is 38.1 Å². The van der Waals surface area contributed by atoms with E-state index in [9.17, 15) is 22.8 Å². The molecule has 0 aliphatic carbocycles. The number of esters is 1. The number of sulfonamides is 1. The van der Waals surface area contributed by atoms with Gasteiger partial charge in [0.15, 0.2) is 12.4 Å². The van der Waals surface area contributed by atoms with Gasteiger partial charge >= 0.3 is 5.97 Å². The van der Waals surface area contributed by atoms with E-state index < -0.39 is 28.5 Å². The molecule has 0 heterocycles. The molecule has 8 nitrogen and oxygen atoms in total. The van der Waals surface area contributed by atoms with E-state index in [1.165, 1.54) is 23.4 Å². The fraction of sp³-hybridized carbons (Fsp3) is 0.286. The fourth-order valence-electron chi connectivity index (χ4n) is 2.83. The predicted molar refractivity (Wildman–Crippen MR) is 117 cm³/mol. The Kier molecular flexibility index (Phi) is 8.32. The minimum absolute atomic E-state index is 0.0259. The molecular weight excluding hydrogens is 444 g/mol. The highest BCUT2D eigenvalue weighted by Gasteiger charge is 2.26. The molecule has 0 aliphatic heterocycles. The first kappa shape index (κ1) is 24.5. The molecule has 0 radical (unpaired) electrons. The number of carbonyl (C=O) groups is 3. The second-order valence-corrected chi connectivity index (χ2v) is 8.77. The summed E-state index contributed by atoms with van der Waals surface area (Å²) in [5, 5.41) is 2.49. The monoisotopic (exact) mass is 466 g/mol. The molecule has 166 valence electrons. The molecule has 0 unspecified atom stereocenters. The quantitative estimate of drug-likeness (QED) is 0.448. The van der Waals surface area contributed by atoms with E-state index in [1.807, 2.05) is 0 Å².